The minimum absolute atomic E-state index is 0.316. The molecule has 1 fully saturated rings. The van der Waals surface area contributed by atoms with E-state index >= 15 is 0 Å². The minimum atomic E-state index is -5.74. The maximum absolute atomic E-state index is 12.3. The van der Waals surface area contributed by atoms with Gasteiger partial charge in [0.1, 0.15) is 6.23 Å². The van der Waals surface area contributed by atoms with Gasteiger partial charge in [-0.1, -0.05) is 6.58 Å². The average molecular weight is 251 g/mol. The van der Waals surface area contributed by atoms with Crippen LogP contribution in [-0.2, 0) is 4.74 Å². The molecule has 0 aliphatic carbocycles. The maximum Gasteiger partial charge on any atom is 0.440 e. The SMILES string of the molecule is C=C1COC(C(F)(F)F)(C(F)(F)F)NC1O. The molecule has 1 rings (SSSR count). The van der Waals surface area contributed by atoms with Crippen molar-refractivity contribution in [1.82, 2.24) is 5.32 Å². The van der Waals surface area contributed by atoms with Crippen LogP contribution < -0.4 is 5.32 Å². The summed E-state index contributed by atoms with van der Waals surface area (Å²) in [6, 6.07) is 0. The van der Waals surface area contributed by atoms with Crippen molar-refractivity contribution in [3.05, 3.63) is 12.2 Å². The van der Waals surface area contributed by atoms with Gasteiger partial charge in [0.2, 0.25) is 0 Å². The largest absolute Gasteiger partial charge is 0.440 e. The Morgan fingerprint density at radius 2 is 1.69 bits per heavy atom. The van der Waals surface area contributed by atoms with E-state index in [-0.39, 0.29) is 5.57 Å². The van der Waals surface area contributed by atoms with Gasteiger partial charge < -0.3 is 9.84 Å². The van der Waals surface area contributed by atoms with E-state index < -0.39 is 30.9 Å². The number of aliphatic hydroxyl groups is 1. The van der Waals surface area contributed by atoms with Gasteiger partial charge in [-0.25, -0.2) is 5.32 Å². The highest BCUT2D eigenvalue weighted by Gasteiger charge is 2.74. The van der Waals surface area contributed by atoms with Crippen molar-refractivity contribution < 1.29 is 36.2 Å². The molecule has 1 unspecified atom stereocenters. The zero-order valence-electron chi connectivity index (χ0n) is 7.61. The van der Waals surface area contributed by atoms with Crippen LogP contribution in [0.2, 0.25) is 0 Å². The molecule has 16 heavy (non-hydrogen) atoms. The molecular weight excluding hydrogens is 244 g/mol. The molecule has 0 aromatic carbocycles. The lowest BCUT2D eigenvalue weighted by molar-refractivity contribution is -0.402. The van der Waals surface area contributed by atoms with Crippen molar-refractivity contribution >= 4 is 0 Å². The van der Waals surface area contributed by atoms with Gasteiger partial charge in [0.05, 0.1) is 6.61 Å². The number of ether oxygens (including phenoxy) is 1. The first-order chi connectivity index (χ1) is 7.01. The molecule has 9 heteroatoms. The monoisotopic (exact) mass is 251 g/mol. The van der Waals surface area contributed by atoms with Gasteiger partial charge in [-0.05, 0) is 5.57 Å². The van der Waals surface area contributed by atoms with E-state index in [1.54, 1.807) is 0 Å². The number of halogens is 6. The zero-order valence-corrected chi connectivity index (χ0v) is 7.61. The maximum atomic E-state index is 12.3. The summed E-state index contributed by atoms with van der Waals surface area (Å²) in [5, 5.41) is 9.89. The minimum Gasteiger partial charge on any atom is -0.374 e. The highest BCUT2D eigenvalue weighted by atomic mass is 19.4. The number of aliphatic hydroxyl groups excluding tert-OH is 1. The molecule has 3 nitrogen and oxygen atoms in total. The van der Waals surface area contributed by atoms with E-state index in [0.29, 0.717) is 0 Å². The molecular formula is C7H7F6NO2. The molecule has 2 N–H and O–H groups in total. The topological polar surface area (TPSA) is 41.5 Å². The first-order valence-corrected chi connectivity index (χ1v) is 3.92. The summed E-state index contributed by atoms with van der Waals surface area (Å²) in [7, 11) is 0. The molecule has 0 amide bonds. The van der Waals surface area contributed by atoms with Gasteiger partial charge in [-0.3, -0.25) is 0 Å². The van der Waals surface area contributed by atoms with Crippen molar-refractivity contribution in [2.24, 2.45) is 0 Å². The fourth-order valence-corrected chi connectivity index (χ4v) is 1.10. The van der Waals surface area contributed by atoms with Crippen molar-refractivity contribution in [1.29, 1.82) is 0 Å². The van der Waals surface area contributed by atoms with Crippen LogP contribution in [0.4, 0.5) is 26.3 Å². The van der Waals surface area contributed by atoms with Crippen molar-refractivity contribution in [2.45, 2.75) is 24.3 Å². The van der Waals surface area contributed by atoms with Gasteiger partial charge in [0.15, 0.2) is 0 Å². The van der Waals surface area contributed by atoms with Crippen LogP contribution in [0.25, 0.3) is 0 Å². The third-order valence-corrected chi connectivity index (χ3v) is 2.00. The van der Waals surface area contributed by atoms with Crippen LogP contribution in [0, 0.1) is 0 Å². The molecule has 1 aliphatic rings. The molecule has 94 valence electrons. The molecule has 0 aromatic heterocycles. The van der Waals surface area contributed by atoms with Crippen molar-refractivity contribution in [2.75, 3.05) is 6.61 Å². The van der Waals surface area contributed by atoms with Gasteiger partial charge in [-0.2, -0.15) is 26.3 Å². The third kappa shape index (κ3) is 1.89. The molecule has 0 saturated carbocycles. The second-order valence-electron chi connectivity index (χ2n) is 3.17. The quantitative estimate of drug-likeness (QED) is 0.503. The third-order valence-electron chi connectivity index (χ3n) is 2.00. The van der Waals surface area contributed by atoms with Crippen molar-refractivity contribution in [3.8, 4) is 0 Å². The summed E-state index contributed by atoms with van der Waals surface area (Å²) in [6.45, 7) is 2.02. The van der Waals surface area contributed by atoms with Crippen molar-refractivity contribution in [3.63, 3.8) is 0 Å². The smallest absolute Gasteiger partial charge is 0.374 e. The molecule has 1 saturated heterocycles. The van der Waals surface area contributed by atoms with Crippen LogP contribution in [-0.4, -0.2) is 36.0 Å². The van der Waals surface area contributed by atoms with Crippen LogP contribution in [0.5, 0.6) is 0 Å². The van der Waals surface area contributed by atoms with E-state index in [0.717, 1.165) is 5.32 Å². The van der Waals surface area contributed by atoms with Crippen LogP contribution in [0.3, 0.4) is 0 Å². The van der Waals surface area contributed by atoms with E-state index in [9.17, 15) is 26.3 Å². The second-order valence-corrected chi connectivity index (χ2v) is 3.17. The van der Waals surface area contributed by atoms with Gasteiger partial charge in [0.25, 0.3) is 0 Å². The predicted octanol–water partition coefficient (Wildman–Crippen LogP) is 1.30. The Hall–Kier alpha value is -0.800. The van der Waals surface area contributed by atoms with E-state index in [2.05, 4.69) is 11.3 Å². The molecule has 0 aromatic rings. The number of hydrogen-bond acceptors (Lipinski definition) is 3. The summed E-state index contributed by atoms with van der Waals surface area (Å²) in [6.07, 6.45) is -13.6. The van der Waals surface area contributed by atoms with Crippen LogP contribution in [0.1, 0.15) is 0 Å². The molecule has 1 atom stereocenters. The predicted molar refractivity (Wildman–Crippen MR) is 39.1 cm³/mol. The van der Waals surface area contributed by atoms with Crippen LogP contribution >= 0.6 is 0 Å². The standard InChI is InChI=1S/C7H7F6NO2/c1-3-2-16-5(6(8,9)10,7(11,12)13)14-4(3)15/h4,14-15H,1-2H2. The fourth-order valence-electron chi connectivity index (χ4n) is 1.10. The summed E-state index contributed by atoms with van der Waals surface area (Å²) < 4.78 is 77.8. The Labute approximate surface area is 85.7 Å². The Morgan fingerprint density at radius 1 is 1.25 bits per heavy atom. The summed E-state index contributed by atoms with van der Waals surface area (Å²) in [5.41, 5.74) is -4.87. The molecule has 0 bridgehead atoms. The summed E-state index contributed by atoms with van der Waals surface area (Å²) in [5.74, 6) is 0. The lowest BCUT2D eigenvalue weighted by atomic mass is 10.1. The van der Waals surface area contributed by atoms with Gasteiger partial charge in [-0.15, -0.1) is 0 Å². The highest BCUT2D eigenvalue weighted by molar-refractivity contribution is 5.10. The Bertz CT molecular complexity index is 282. The summed E-state index contributed by atoms with van der Waals surface area (Å²) >= 11 is 0. The Kier molecular flexibility index (Phi) is 2.99. The normalized spacial score (nSPS) is 26.9. The van der Waals surface area contributed by atoms with E-state index in [1.165, 1.54) is 0 Å². The molecule has 0 spiro atoms. The van der Waals surface area contributed by atoms with Gasteiger partial charge >= 0.3 is 18.1 Å². The van der Waals surface area contributed by atoms with Gasteiger partial charge in [0, 0.05) is 0 Å². The first kappa shape index (κ1) is 13.3. The zero-order chi connectivity index (χ0) is 12.8. The van der Waals surface area contributed by atoms with E-state index in [1.807, 2.05) is 0 Å². The highest BCUT2D eigenvalue weighted by Crippen LogP contribution is 2.45. The number of nitrogens with one attached hydrogen (secondary N) is 1. The van der Waals surface area contributed by atoms with E-state index in [4.69, 9.17) is 5.11 Å². The average Bonchev–Trinajstić information content (AvgIpc) is 2.05. The fraction of sp³-hybridized carbons (Fsp3) is 0.714. The number of rotatable bonds is 0. The Balaban J connectivity index is 3.13. The molecule has 0 radical (unpaired) electrons. The van der Waals surface area contributed by atoms with Crippen LogP contribution in [0.15, 0.2) is 12.2 Å². The Morgan fingerprint density at radius 3 is 2.00 bits per heavy atom. The molecule has 1 heterocycles. The number of alkyl halides is 6. The first-order valence-electron chi connectivity index (χ1n) is 3.92. The summed E-state index contributed by atoms with van der Waals surface area (Å²) in [4.78, 5) is 0. The number of hydrogen-bond donors (Lipinski definition) is 2. The molecule has 1 aliphatic heterocycles. The second kappa shape index (κ2) is 3.60. The lowest BCUT2D eigenvalue weighted by Gasteiger charge is -2.42. The lowest BCUT2D eigenvalue weighted by Crippen LogP contribution is -2.72.